The topological polar surface area (TPSA) is 50.2 Å². The van der Waals surface area contributed by atoms with Crippen molar-refractivity contribution < 1.29 is 14.3 Å². The number of benzene rings is 2. The fourth-order valence-corrected chi connectivity index (χ4v) is 2.46. The van der Waals surface area contributed by atoms with Crippen LogP contribution in [0.3, 0.4) is 0 Å². The molecular weight excluding hydrogens is 281 g/mol. The highest BCUT2D eigenvalue weighted by Crippen LogP contribution is 2.29. The fourth-order valence-electron chi connectivity index (χ4n) is 2.46. The molecule has 0 aliphatic heterocycles. The maximum atomic E-state index is 13.5. The minimum atomic E-state index is -0.857. The highest BCUT2D eigenvalue weighted by atomic mass is 19.1. The molecule has 110 valence electrons. The molecule has 0 spiro atoms. The summed E-state index contributed by atoms with van der Waals surface area (Å²) in [6.07, 6.45) is 1.68. The Morgan fingerprint density at radius 2 is 1.86 bits per heavy atom. The molecule has 4 heteroatoms. The van der Waals surface area contributed by atoms with Gasteiger partial charge in [-0.15, -0.1) is 0 Å². The van der Waals surface area contributed by atoms with Crippen molar-refractivity contribution in [3.05, 3.63) is 66.1 Å². The zero-order chi connectivity index (χ0) is 15.7. The normalized spacial score (nSPS) is 12.3. The minimum Gasteiger partial charge on any atom is -0.481 e. The number of carboxylic acid groups (broad SMARTS) is 1. The van der Waals surface area contributed by atoms with E-state index < -0.39 is 11.9 Å². The average molecular weight is 295 g/mol. The first-order valence-electron chi connectivity index (χ1n) is 6.93. The highest BCUT2D eigenvalue weighted by Gasteiger charge is 2.13. The van der Waals surface area contributed by atoms with Gasteiger partial charge in [0.05, 0.1) is 11.4 Å². The first kappa shape index (κ1) is 14.2. The van der Waals surface area contributed by atoms with Crippen LogP contribution in [0.1, 0.15) is 18.4 Å². The van der Waals surface area contributed by atoms with Gasteiger partial charge in [0.1, 0.15) is 5.82 Å². The van der Waals surface area contributed by atoms with Crippen molar-refractivity contribution in [3.63, 3.8) is 0 Å². The van der Waals surface area contributed by atoms with Gasteiger partial charge in [-0.25, -0.2) is 4.39 Å². The first-order chi connectivity index (χ1) is 10.6. The lowest BCUT2D eigenvalue weighted by Crippen LogP contribution is -2.06. The number of fused-ring (bicyclic) bond motifs is 1. The summed E-state index contributed by atoms with van der Waals surface area (Å²) in [5, 5.41) is 9.78. The van der Waals surface area contributed by atoms with Gasteiger partial charge in [-0.2, -0.15) is 0 Å². The van der Waals surface area contributed by atoms with E-state index in [4.69, 9.17) is 5.11 Å². The lowest BCUT2D eigenvalue weighted by molar-refractivity contribution is -0.138. The third kappa shape index (κ3) is 2.55. The maximum Gasteiger partial charge on any atom is 0.310 e. The zero-order valence-electron chi connectivity index (χ0n) is 12.0. The number of hydrogen-bond donors (Lipinski definition) is 1. The summed E-state index contributed by atoms with van der Waals surface area (Å²) in [5.74, 6) is -1.72. The van der Waals surface area contributed by atoms with E-state index in [1.54, 1.807) is 31.3 Å². The van der Waals surface area contributed by atoms with Crippen LogP contribution in [0.5, 0.6) is 0 Å². The Labute approximate surface area is 127 Å². The van der Waals surface area contributed by atoms with Gasteiger partial charge >= 0.3 is 5.97 Å². The van der Waals surface area contributed by atoms with Crippen molar-refractivity contribution in [2.75, 3.05) is 0 Å². The number of nitrogens with zero attached hydrogens (tertiary/aromatic N) is 1. The maximum absolute atomic E-state index is 13.5. The van der Waals surface area contributed by atoms with Crippen LogP contribution in [-0.2, 0) is 4.79 Å². The summed E-state index contributed by atoms with van der Waals surface area (Å²) in [6, 6.07) is 13.6. The molecule has 3 nitrogen and oxygen atoms in total. The Balaban J connectivity index is 2.08. The molecular formula is C18H14FNO2. The van der Waals surface area contributed by atoms with Crippen LogP contribution in [0, 0.1) is 5.82 Å². The smallest absolute Gasteiger partial charge is 0.310 e. The Hall–Kier alpha value is -2.75. The summed E-state index contributed by atoms with van der Waals surface area (Å²) >= 11 is 0. The van der Waals surface area contributed by atoms with Crippen LogP contribution >= 0.6 is 0 Å². The van der Waals surface area contributed by atoms with Gasteiger partial charge in [0, 0.05) is 11.6 Å². The lowest BCUT2D eigenvalue weighted by Gasteiger charge is -2.10. The number of hydrogen-bond acceptors (Lipinski definition) is 2. The van der Waals surface area contributed by atoms with Crippen LogP contribution in [-0.4, -0.2) is 16.1 Å². The number of aliphatic carboxylic acids is 1. The van der Waals surface area contributed by atoms with Crippen molar-refractivity contribution in [1.29, 1.82) is 0 Å². The summed E-state index contributed by atoms with van der Waals surface area (Å²) in [5.41, 5.74) is 3.24. The van der Waals surface area contributed by atoms with Gasteiger partial charge in [-0.3, -0.25) is 9.78 Å². The van der Waals surface area contributed by atoms with E-state index in [1.165, 1.54) is 12.1 Å². The number of aromatic nitrogens is 1. The molecule has 3 aromatic rings. The average Bonchev–Trinajstić information content (AvgIpc) is 2.53. The molecule has 0 aliphatic carbocycles. The molecule has 0 saturated carbocycles. The Bertz CT molecular complexity index is 843. The number of pyridine rings is 1. The molecule has 22 heavy (non-hydrogen) atoms. The van der Waals surface area contributed by atoms with Crippen molar-refractivity contribution in [2.45, 2.75) is 12.8 Å². The van der Waals surface area contributed by atoms with E-state index in [0.29, 0.717) is 0 Å². The standard InChI is InChI=1S/C18H14FNO2/c1-11(18(21)22)12-2-4-13(5-3-12)15-8-9-20-17-7-6-14(19)10-16(15)17/h2-11H,1H3,(H,21,22)/t11-/m1/s1. The summed E-state index contributed by atoms with van der Waals surface area (Å²) in [6.45, 7) is 1.65. The van der Waals surface area contributed by atoms with Crippen LogP contribution in [0.4, 0.5) is 4.39 Å². The van der Waals surface area contributed by atoms with Gasteiger partial charge in [0.15, 0.2) is 0 Å². The third-order valence-electron chi connectivity index (χ3n) is 3.80. The molecule has 1 heterocycles. The molecule has 0 saturated heterocycles. The van der Waals surface area contributed by atoms with Gasteiger partial charge in [0.25, 0.3) is 0 Å². The quantitative estimate of drug-likeness (QED) is 0.786. The largest absolute Gasteiger partial charge is 0.481 e. The fraction of sp³-hybridized carbons (Fsp3) is 0.111. The second-order valence-electron chi connectivity index (χ2n) is 5.20. The third-order valence-corrected chi connectivity index (χ3v) is 3.80. The summed E-state index contributed by atoms with van der Waals surface area (Å²) in [4.78, 5) is 15.3. The molecule has 0 aliphatic rings. The summed E-state index contributed by atoms with van der Waals surface area (Å²) < 4.78 is 13.5. The predicted octanol–water partition coefficient (Wildman–Crippen LogP) is 4.23. The highest BCUT2D eigenvalue weighted by molar-refractivity contribution is 5.94. The van der Waals surface area contributed by atoms with Gasteiger partial charge in [-0.05, 0) is 47.9 Å². The molecule has 0 amide bonds. The minimum absolute atomic E-state index is 0.308. The van der Waals surface area contributed by atoms with Crippen LogP contribution in [0.15, 0.2) is 54.7 Å². The van der Waals surface area contributed by atoms with E-state index >= 15 is 0 Å². The van der Waals surface area contributed by atoms with E-state index in [0.717, 1.165) is 27.6 Å². The number of halogens is 1. The number of carbonyl (C=O) groups is 1. The van der Waals surface area contributed by atoms with Gasteiger partial charge in [0.2, 0.25) is 0 Å². The van der Waals surface area contributed by atoms with Crippen molar-refractivity contribution in [2.24, 2.45) is 0 Å². The number of rotatable bonds is 3. The first-order valence-corrected chi connectivity index (χ1v) is 6.93. The monoisotopic (exact) mass is 295 g/mol. The molecule has 1 atom stereocenters. The molecule has 0 bridgehead atoms. The van der Waals surface area contributed by atoms with Crippen molar-refractivity contribution >= 4 is 16.9 Å². The van der Waals surface area contributed by atoms with Crippen LogP contribution in [0.2, 0.25) is 0 Å². The summed E-state index contributed by atoms with van der Waals surface area (Å²) in [7, 11) is 0. The predicted molar refractivity (Wildman–Crippen MR) is 83.2 cm³/mol. The molecule has 0 unspecified atom stereocenters. The van der Waals surface area contributed by atoms with Crippen molar-refractivity contribution in [3.8, 4) is 11.1 Å². The molecule has 0 fully saturated rings. The van der Waals surface area contributed by atoms with E-state index in [-0.39, 0.29) is 5.82 Å². The van der Waals surface area contributed by atoms with Crippen molar-refractivity contribution in [1.82, 2.24) is 4.98 Å². The molecule has 2 aromatic carbocycles. The SMILES string of the molecule is C[C@@H](C(=O)O)c1ccc(-c2ccnc3ccc(F)cc23)cc1. The van der Waals surface area contributed by atoms with Gasteiger partial charge in [-0.1, -0.05) is 24.3 Å². The molecule has 0 radical (unpaired) electrons. The lowest BCUT2D eigenvalue weighted by atomic mass is 9.96. The Kier molecular flexibility index (Phi) is 3.59. The molecule has 3 rings (SSSR count). The Morgan fingerprint density at radius 3 is 2.55 bits per heavy atom. The van der Waals surface area contributed by atoms with E-state index in [1.807, 2.05) is 18.2 Å². The molecule has 1 aromatic heterocycles. The second kappa shape index (κ2) is 5.56. The zero-order valence-corrected chi connectivity index (χ0v) is 12.0. The van der Waals surface area contributed by atoms with Crippen LogP contribution < -0.4 is 0 Å². The van der Waals surface area contributed by atoms with E-state index in [2.05, 4.69) is 4.98 Å². The van der Waals surface area contributed by atoms with Gasteiger partial charge < -0.3 is 5.11 Å². The number of carboxylic acids is 1. The Morgan fingerprint density at radius 1 is 1.14 bits per heavy atom. The van der Waals surface area contributed by atoms with E-state index in [9.17, 15) is 9.18 Å². The van der Waals surface area contributed by atoms with Crippen LogP contribution in [0.25, 0.3) is 22.0 Å². The molecule has 1 N–H and O–H groups in total. The second-order valence-corrected chi connectivity index (χ2v) is 5.20.